The first-order chi connectivity index (χ1) is 15.6. The molecule has 0 spiro atoms. The van der Waals surface area contributed by atoms with Crippen LogP contribution < -0.4 is 5.32 Å². The highest BCUT2D eigenvalue weighted by Gasteiger charge is 2.29. The van der Waals surface area contributed by atoms with Crippen LogP contribution >= 0.6 is 0 Å². The monoisotopic (exact) mass is 427 g/mol. The summed E-state index contributed by atoms with van der Waals surface area (Å²) in [7, 11) is 0. The van der Waals surface area contributed by atoms with Crippen molar-refractivity contribution in [2.45, 2.75) is 38.6 Å². The molecule has 8 nitrogen and oxygen atoms in total. The van der Waals surface area contributed by atoms with Gasteiger partial charge in [0.05, 0.1) is 23.4 Å². The van der Waals surface area contributed by atoms with E-state index in [9.17, 15) is 4.79 Å². The van der Waals surface area contributed by atoms with Gasteiger partial charge in [0.2, 0.25) is 0 Å². The number of aromatic nitrogens is 4. The highest BCUT2D eigenvalue weighted by Crippen LogP contribution is 2.40. The fraction of sp³-hybridized carbons (Fsp3) is 0.250. The van der Waals surface area contributed by atoms with Crippen LogP contribution in [0.3, 0.4) is 0 Å². The van der Waals surface area contributed by atoms with Crippen molar-refractivity contribution in [3.8, 4) is 11.5 Å². The average molecular weight is 427 g/mol. The molecule has 32 heavy (non-hydrogen) atoms. The lowest BCUT2D eigenvalue weighted by atomic mass is 10.1. The third-order valence-electron chi connectivity index (χ3n) is 5.66. The van der Waals surface area contributed by atoms with Gasteiger partial charge in [-0.3, -0.25) is 4.79 Å². The zero-order valence-electron chi connectivity index (χ0n) is 17.7. The summed E-state index contributed by atoms with van der Waals surface area (Å²) in [5.74, 6) is 1.56. The van der Waals surface area contributed by atoms with E-state index in [0.29, 0.717) is 39.7 Å². The Morgan fingerprint density at radius 1 is 1.19 bits per heavy atom. The number of nitrogens with one attached hydrogen (secondary N) is 1. The summed E-state index contributed by atoms with van der Waals surface area (Å²) >= 11 is 0. The number of carbonyl (C=O) groups is 1. The highest BCUT2D eigenvalue weighted by atomic mass is 16.3. The zero-order chi connectivity index (χ0) is 21.8. The first-order valence-electron chi connectivity index (χ1n) is 10.7. The SMILES string of the molecule is CC(C)n1ncc2c(C(=O)Nc3ccc4oc(C5CC5)nc4c3)cc(-c3ccco3)nc21. The standard InChI is InChI=1S/C24H21N5O3/c1-13(2)29-22-17(12-25-29)16(11-19(27-22)20-4-3-9-31-20)23(30)26-15-7-8-21-18(10-15)28-24(32-21)14-5-6-14/h3-4,7-14H,5-6H2,1-2H3,(H,26,30). The minimum atomic E-state index is -0.251. The minimum absolute atomic E-state index is 0.0954. The maximum atomic E-state index is 13.3. The van der Waals surface area contributed by atoms with E-state index in [1.807, 2.05) is 38.1 Å². The molecule has 4 aromatic heterocycles. The fourth-order valence-corrected chi connectivity index (χ4v) is 3.86. The molecular weight excluding hydrogens is 406 g/mol. The molecule has 5 aromatic rings. The van der Waals surface area contributed by atoms with Gasteiger partial charge in [-0.1, -0.05) is 0 Å². The molecular formula is C24H21N5O3. The van der Waals surface area contributed by atoms with E-state index in [4.69, 9.17) is 13.8 Å². The Hall–Kier alpha value is -3.94. The van der Waals surface area contributed by atoms with Crippen LogP contribution in [0, 0.1) is 0 Å². The predicted molar refractivity (Wildman–Crippen MR) is 120 cm³/mol. The number of benzene rings is 1. The summed E-state index contributed by atoms with van der Waals surface area (Å²) < 4.78 is 13.2. The number of amides is 1. The Bertz CT molecular complexity index is 1460. The van der Waals surface area contributed by atoms with Crippen LogP contribution in [0.5, 0.6) is 0 Å². The second-order valence-corrected chi connectivity index (χ2v) is 8.42. The molecule has 1 amide bonds. The molecule has 1 N–H and O–H groups in total. The molecule has 0 aliphatic heterocycles. The maximum absolute atomic E-state index is 13.3. The van der Waals surface area contributed by atoms with Crippen LogP contribution in [0.2, 0.25) is 0 Å². The van der Waals surface area contributed by atoms with Gasteiger partial charge in [-0.05, 0) is 63.1 Å². The van der Waals surface area contributed by atoms with E-state index in [2.05, 4.69) is 15.4 Å². The van der Waals surface area contributed by atoms with Crippen molar-refractivity contribution in [3.05, 3.63) is 60.3 Å². The molecule has 1 aromatic carbocycles. The van der Waals surface area contributed by atoms with Crippen LogP contribution in [0.1, 0.15) is 54.9 Å². The number of furan rings is 1. The Balaban J connectivity index is 1.40. The van der Waals surface area contributed by atoms with E-state index >= 15 is 0 Å². The molecule has 160 valence electrons. The van der Waals surface area contributed by atoms with Crippen molar-refractivity contribution >= 4 is 33.7 Å². The Kier molecular flexibility index (Phi) is 4.14. The lowest BCUT2D eigenvalue weighted by molar-refractivity contribution is 0.102. The minimum Gasteiger partial charge on any atom is -0.463 e. The van der Waals surface area contributed by atoms with Gasteiger partial charge < -0.3 is 14.2 Å². The molecule has 0 radical (unpaired) electrons. The van der Waals surface area contributed by atoms with Gasteiger partial charge in [0.15, 0.2) is 22.9 Å². The predicted octanol–water partition coefficient (Wildman–Crippen LogP) is 5.54. The third kappa shape index (κ3) is 3.15. The quantitative estimate of drug-likeness (QED) is 0.395. The van der Waals surface area contributed by atoms with Gasteiger partial charge in [0, 0.05) is 17.6 Å². The number of pyridine rings is 1. The summed E-state index contributed by atoms with van der Waals surface area (Å²) in [5, 5.41) is 8.13. The van der Waals surface area contributed by atoms with E-state index in [1.54, 1.807) is 29.3 Å². The number of anilines is 1. The van der Waals surface area contributed by atoms with Crippen molar-refractivity contribution in [1.29, 1.82) is 0 Å². The number of nitrogens with zero attached hydrogens (tertiary/aromatic N) is 4. The Morgan fingerprint density at radius 2 is 2.06 bits per heavy atom. The number of fused-ring (bicyclic) bond motifs is 2. The summed E-state index contributed by atoms with van der Waals surface area (Å²) in [6, 6.07) is 11.0. The second-order valence-electron chi connectivity index (χ2n) is 8.42. The average Bonchev–Trinajstić information content (AvgIpc) is 3.18. The van der Waals surface area contributed by atoms with Crippen molar-refractivity contribution in [2.24, 2.45) is 0 Å². The van der Waals surface area contributed by atoms with Crippen LogP contribution in [0.4, 0.5) is 5.69 Å². The lowest BCUT2D eigenvalue weighted by Crippen LogP contribution is -2.13. The number of hydrogen-bond donors (Lipinski definition) is 1. The van der Waals surface area contributed by atoms with Crippen LogP contribution in [-0.2, 0) is 0 Å². The highest BCUT2D eigenvalue weighted by molar-refractivity contribution is 6.12. The van der Waals surface area contributed by atoms with Crippen molar-refractivity contribution in [1.82, 2.24) is 19.7 Å². The van der Waals surface area contributed by atoms with E-state index in [-0.39, 0.29) is 11.9 Å². The van der Waals surface area contributed by atoms with Crippen LogP contribution in [0.25, 0.3) is 33.6 Å². The van der Waals surface area contributed by atoms with Crippen molar-refractivity contribution in [3.63, 3.8) is 0 Å². The van der Waals surface area contributed by atoms with Gasteiger partial charge >= 0.3 is 0 Å². The third-order valence-corrected chi connectivity index (χ3v) is 5.66. The van der Waals surface area contributed by atoms with Gasteiger partial charge in [-0.25, -0.2) is 14.6 Å². The second kappa shape index (κ2) is 7.05. The van der Waals surface area contributed by atoms with E-state index < -0.39 is 0 Å². The van der Waals surface area contributed by atoms with Crippen LogP contribution in [0.15, 0.2) is 57.7 Å². The first kappa shape index (κ1) is 18.8. The molecule has 0 bridgehead atoms. The maximum Gasteiger partial charge on any atom is 0.256 e. The summed E-state index contributed by atoms with van der Waals surface area (Å²) in [4.78, 5) is 22.6. The molecule has 1 aliphatic rings. The summed E-state index contributed by atoms with van der Waals surface area (Å²) in [5.41, 5.74) is 3.82. The zero-order valence-corrected chi connectivity index (χ0v) is 17.7. The van der Waals surface area contributed by atoms with Crippen molar-refractivity contribution < 1.29 is 13.6 Å². The molecule has 1 saturated carbocycles. The smallest absolute Gasteiger partial charge is 0.256 e. The number of carbonyl (C=O) groups excluding carboxylic acids is 1. The number of rotatable bonds is 5. The van der Waals surface area contributed by atoms with Gasteiger partial charge in [0.25, 0.3) is 5.91 Å². The molecule has 0 saturated heterocycles. The molecule has 6 rings (SSSR count). The first-order valence-corrected chi connectivity index (χ1v) is 10.7. The topological polar surface area (TPSA) is 99.0 Å². The normalized spacial score (nSPS) is 14.0. The lowest BCUT2D eigenvalue weighted by Gasteiger charge is -2.10. The van der Waals surface area contributed by atoms with Crippen molar-refractivity contribution in [2.75, 3.05) is 5.32 Å². The molecule has 0 atom stereocenters. The molecule has 8 heteroatoms. The Morgan fingerprint density at radius 3 is 2.81 bits per heavy atom. The molecule has 1 fully saturated rings. The van der Waals surface area contributed by atoms with E-state index in [1.165, 1.54) is 0 Å². The molecule has 4 heterocycles. The number of hydrogen-bond acceptors (Lipinski definition) is 6. The van der Waals surface area contributed by atoms with E-state index in [0.717, 1.165) is 29.8 Å². The largest absolute Gasteiger partial charge is 0.463 e. The van der Waals surface area contributed by atoms with Gasteiger partial charge in [0.1, 0.15) is 11.2 Å². The summed E-state index contributed by atoms with van der Waals surface area (Å²) in [6.45, 7) is 4.05. The van der Waals surface area contributed by atoms with Gasteiger partial charge in [-0.15, -0.1) is 0 Å². The van der Waals surface area contributed by atoms with Gasteiger partial charge in [-0.2, -0.15) is 5.10 Å². The summed E-state index contributed by atoms with van der Waals surface area (Å²) in [6.07, 6.45) is 5.52. The number of oxazole rings is 1. The Labute approximate surface area is 183 Å². The molecule has 0 unspecified atom stereocenters. The molecule has 1 aliphatic carbocycles. The van der Waals surface area contributed by atoms with Crippen LogP contribution in [-0.4, -0.2) is 25.7 Å². The fourth-order valence-electron chi connectivity index (χ4n) is 3.86.